The number of hydrogen-bond acceptors (Lipinski definition) is 3. The minimum absolute atomic E-state index is 0.134. The molecule has 1 aromatic rings. The van der Waals surface area contributed by atoms with Gasteiger partial charge in [0.1, 0.15) is 5.75 Å². The van der Waals surface area contributed by atoms with Crippen LogP contribution in [0.5, 0.6) is 5.75 Å². The maximum absolute atomic E-state index is 9.47. The second-order valence-corrected chi connectivity index (χ2v) is 4.52. The molecule has 1 unspecified atom stereocenters. The molecule has 0 fully saturated rings. The van der Waals surface area contributed by atoms with Crippen LogP contribution < -0.4 is 10.5 Å². The van der Waals surface area contributed by atoms with Gasteiger partial charge in [0.25, 0.3) is 0 Å². The maximum atomic E-state index is 9.47. The number of aliphatic hydroxyl groups is 1. The molecule has 1 rings (SSSR count). The van der Waals surface area contributed by atoms with Crippen LogP contribution in [0, 0.1) is 5.41 Å². The summed E-state index contributed by atoms with van der Waals surface area (Å²) in [5, 5.41) is 9.47. The number of para-hydroxylation sites is 1. The topological polar surface area (TPSA) is 55.5 Å². The zero-order valence-electron chi connectivity index (χ0n) is 10.6. The Morgan fingerprint density at radius 2 is 1.94 bits per heavy atom. The van der Waals surface area contributed by atoms with Gasteiger partial charge in [-0.1, -0.05) is 31.5 Å². The van der Waals surface area contributed by atoms with Crippen LogP contribution in [0.15, 0.2) is 30.3 Å². The lowest BCUT2D eigenvalue weighted by molar-refractivity contribution is 0.0929. The molecule has 0 aliphatic heterocycles. The van der Waals surface area contributed by atoms with Crippen molar-refractivity contribution in [3.63, 3.8) is 0 Å². The van der Waals surface area contributed by atoms with E-state index in [9.17, 15) is 5.11 Å². The molecule has 0 aliphatic rings. The second kappa shape index (κ2) is 7.30. The monoisotopic (exact) mass is 237 g/mol. The van der Waals surface area contributed by atoms with E-state index in [4.69, 9.17) is 10.5 Å². The molecule has 0 spiro atoms. The molecule has 17 heavy (non-hydrogen) atoms. The molecule has 0 saturated heterocycles. The van der Waals surface area contributed by atoms with Crippen molar-refractivity contribution >= 4 is 0 Å². The van der Waals surface area contributed by atoms with Gasteiger partial charge in [-0.2, -0.15) is 0 Å². The van der Waals surface area contributed by atoms with Crippen molar-refractivity contribution in [1.29, 1.82) is 0 Å². The molecule has 3 nitrogen and oxygen atoms in total. The molecular formula is C14H23NO2. The van der Waals surface area contributed by atoms with E-state index in [1.54, 1.807) is 0 Å². The van der Waals surface area contributed by atoms with E-state index in [0.29, 0.717) is 13.2 Å². The van der Waals surface area contributed by atoms with Crippen LogP contribution in [0.3, 0.4) is 0 Å². The average Bonchev–Trinajstić information content (AvgIpc) is 2.39. The summed E-state index contributed by atoms with van der Waals surface area (Å²) >= 11 is 0. The van der Waals surface area contributed by atoms with Crippen molar-refractivity contribution in [3.05, 3.63) is 30.3 Å². The zero-order chi connectivity index (χ0) is 12.6. The molecule has 0 bridgehead atoms. The quantitative estimate of drug-likeness (QED) is 0.728. The highest BCUT2D eigenvalue weighted by atomic mass is 16.5. The highest BCUT2D eigenvalue weighted by Crippen LogP contribution is 2.26. The Morgan fingerprint density at radius 3 is 2.47 bits per heavy atom. The smallest absolute Gasteiger partial charge is 0.119 e. The maximum Gasteiger partial charge on any atom is 0.119 e. The molecule has 96 valence electrons. The van der Waals surface area contributed by atoms with Gasteiger partial charge >= 0.3 is 0 Å². The Bertz CT molecular complexity index is 296. The van der Waals surface area contributed by atoms with Gasteiger partial charge in [0.15, 0.2) is 0 Å². The van der Waals surface area contributed by atoms with Gasteiger partial charge in [-0.3, -0.25) is 0 Å². The van der Waals surface area contributed by atoms with Crippen molar-refractivity contribution in [2.24, 2.45) is 11.1 Å². The van der Waals surface area contributed by atoms with Gasteiger partial charge in [-0.25, -0.2) is 0 Å². The van der Waals surface area contributed by atoms with Crippen molar-refractivity contribution in [3.8, 4) is 5.75 Å². The van der Waals surface area contributed by atoms with Gasteiger partial charge in [-0.05, 0) is 25.0 Å². The number of hydrogen-bond donors (Lipinski definition) is 2. The molecule has 1 atom stereocenters. The van der Waals surface area contributed by atoms with Crippen LogP contribution in [-0.2, 0) is 0 Å². The van der Waals surface area contributed by atoms with E-state index in [-0.39, 0.29) is 12.0 Å². The zero-order valence-corrected chi connectivity index (χ0v) is 10.6. The predicted octanol–water partition coefficient (Wildman–Crippen LogP) is 2.19. The van der Waals surface area contributed by atoms with Crippen LogP contribution in [0.2, 0.25) is 0 Å². The van der Waals surface area contributed by atoms with Crippen LogP contribution >= 0.6 is 0 Å². The van der Waals surface area contributed by atoms with E-state index < -0.39 is 0 Å². The fraction of sp³-hybridized carbons (Fsp3) is 0.571. The van der Waals surface area contributed by atoms with E-state index >= 15 is 0 Å². The first kappa shape index (κ1) is 14.0. The van der Waals surface area contributed by atoms with Crippen LogP contribution in [-0.4, -0.2) is 24.9 Å². The van der Waals surface area contributed by atoms with E-state index in [0.717, 1.165) is 25.0 Å². The molecule has 0 aliphatic carbocycles. The van der Waals surface area contributed by atoms with Crippen molar-refractivity contribution in [2.75, 3.05) is 19.8 Å². The molecule has 3 heteroatoms. The second-order valence-electron chi connectivity index (χ2n) is 4.52. The summed E-state index contributed by atoms with van der Waals surface area (Å²) in [5.41, 5.74) is 5.59. The average molecular weight is 237 g/mol. The summed E-state index contributed by atoms with van der Waals surface area (Å²) in [4.78, 5) is 0. The van der Waals surface area contributed by atoms with Crippen LogP contribution in [0.1, 0.15) is 26.2 Å². The van der Waals surface area contributed by atoms with Gasteiger partial charge in [0.05, 0.1) is 13.2 Å². The lowest BCUT2D eigenvalue weighted by atomic mass is 9.81. The summed E-state index contributed by atoms with van der Waals surface area (Å²) in [5.74, 6) is 0.868. The summed E-state index contributed by atoms with van der Waals surface area (Å²) in [6.45, 7) is 3.35. The Morgan fingerprint density at radius 1 is 1.24 bits per heavy atom. The normalized spacial score (nSPS) is 14.3. The molecule has 1 aromatic carbocycles. The summed E-state index contributed by atoms with van der Waals surface area (Å²) < 4.78 is 5.64. The third-order valence-corrected chi connectivity index (χ3v) is 3.19. The molecule has 0 radical (unpaired) electrons. The van der Waals surface area contributed by atoms with Crippen molar-refractivity contribution < 1.29 is 9.84 Å². The molecular weight excluding hydrogens is 214 g/mol. The number of aliphatic hydroxyl groups excluding tert-OH is 1. The largest absolute Gasteiger partial charge is 0.494 e. The lowest BCUT2D eigenvalue weighted by Gasteiger charge is -2.30. The highest BCUT2D eigenvalue weighted by molar-refractivity contribution is 5.20. The standard InChI is InChI=1S/C14H23NO2/c1-2-8-14(11-15,12-16)9-10-17-13-6-4-3-5-7-13/h3-7,16H,2,8-12,15H2,1H3. The van der Waals surface area contributed by atoms with Gasteiger partial charge in [0.2, 0.25) is 0 Å². The third kappa shape index (κ3) is 4.36. The number of nitrogens with two attached hydrogens (primary N) is 1. The first-order chi connectivity index (χ1) is 8.26. The first-order valence-electron chi connectivity index (χ1n) is 6.25. The fourth-order valence-electron chi connectivity index (χ4n) is 1.98. The third-order valence-electron chi connectivity index (χ3n) is 3.19. The molecule has 0 aromatic heterocycles. The Hall–Kier alpha value is -1.06. The van der Waals surface area contributed by atoms with Gasteiger partial charge in [0, 0.05) is 12.0 Å². The molecule has 0 heterocycles. The van der Waals surface area contributed by atoms with Gasteiger partial charge < -0.3 is 15.6 Å². The summed E-state index contributed by atoms with van der Waals surface area (Å²) in [7, 11) is 0. The summed E-state index contributed by atoms with van der Waals surface area (Å²) in [6, 6.07) is 9.72. The van der Waals surface area contributed by atoms with Crippen LogP contribution in [0.4, 0.5) is 0 Å². The van der Waals surface area contributed by atoms with Crippen LogP contribution in [0.25, 0.3) is 0 Å². The Kier molecular flexibility index (Phi) is 6.01. The Balaban J connectivity index is 2.42. The number of rotatable bonds is 8. The molecule has 3 N–H and O–H groups in total. The molecule has 0 amide bonds. The fourth-order valence-corrected chi connectivity index (χ4v) is 1.98. The predicted molar refractivity (Wildman–Crippen MR) is 70.0 cm³/mol. The highest BCUT2D eigenvalue weighted by Gasteiger charge is 2.26. The first-order valence-corrected chi connectivity index (χ1v) is 6.25. The van der Waals surface area contributed by atoms with Gasteiger partial charge in [-0.15, -0.1) is 0 Å². The Labute approximate surface area is 104 Å². The van der Waals surface area contributed by atoms with E-state index in [1.807, 2.05) is 30.3 Å². The molecule has 0 saturated carbocycles. The minimum atomic E-state index is -0.177. The number of benzene rings is 1. The van der Waals surface area contributed by atoms with Crippen molar-refractivity contribution in [1.82, 2.24) is 0 Å². The van der Waals surface area contributed by atoms with E-state index in [2.05, 4.69) is 6.92 Å². The minimum Gasteiger partial charge on any atom is -0.494 e. The number of ether oxygens (including phenoxy) is 1. The lowest BCUT2D eigenvalue weighted by Crippen LogP contribution is -2.35. The SMILES string of the molecule is CCCC(CN)(CO)CCOc1ccccc1. The van der Waals surface area contributed by atoms with E-state index in [1.165, 1.54) is 0 Å². The van der Waals surface area contributed by atoms with Crippen molar-refractivity contribution in [2.45, 2.75) is 26.2 Å². The summed E-state index contributed by atoms with van der Waals surface area (Å²) in [6.07, 6.45) is 2.77.